The normalized spacial score (nSPS) is 26.5. The molecule has 1 rings (SSSR count). The van der Waals surface area contributed by atoms with E-state index in [2.05, 4.69) is 5.32 Å². The van der Waals surface area contributed by atoms with Crippen LogP contribution in [0.5, 0.6) is 0 Å². The van der Waals surface area contributed by atoms with Crippen LogP contribution in [-0.4, -0.2) is 48.7 Å². The van der Waals surface area contributed by atoms with Gasteiger partial charge in [0, 0.05) is 33.1 Å². The lowest BCUT2D eigenvalue weighted by molar-refractivity contribution is -0.128. The number of aliphatic hydroxyl groups excluding tert-OH is 1. The Morgan fingerprint density at radius 1 is 1.50 bits per heavy atom. The molecule has 1 saturated carbocycles. The molecular formula is C10H20N2O2. The van der Waals surface area contributed by atoms with Crippen molar-refractivity contribution in [3.8, 4) is 0 Å². The second-order valence-electron chi connectivity index (χ2n) is 4.10. The second kappa shape index (κ2) is 5.32. The molecule has 82 valence electrons. The summed E-state index contributed by atoms with van der Waals surface area (Å²) in [7, 11) is 3.51. The Bertz CT molecular complexity index is 195. The molecule has 0 aromatic heterocycles. The SMILES string of the molecule is CN(C)C(=O)CCN[C@H]1CCC[C@@H]1O. The Morgan fingerprint density at radius 2 is 2.21 bits per heavy atom. The van der Waals surface area contributed by atoms with E-state index in [0.29, 0.717) is 13.0 Å². The standard InChI is InChI=1S/C10H20N2O2/c1-12(2)10(14)6-7-11-8-4-3-5-9(8)13/h8-9,11,13H,3-7H2,1-2H3/t8-,9-/m0/s1. The largest absolute Gasteiger partial charge is 0.392 e. The third kappa shape index (κ3) is 3.27. The molecule has 0 bridgehead atoms. The van der Waals surface area contributed by atoms with Crippen molar-refractivity contribution in [1.29, 1.82) is 0 Å². The maximum Gasteiger partial charge on any atom is 0.223 e. The molecule has 1 aliphatic rings. The Hall–Kier alpha value is -0.610. The summed E-state index contributed by atoms with van der Waals surface area (Å²) in [5.41, 5.74) is 0. The van der Waals surface area contributed by atoms with Gasteiger partial charge in [-0.15, -0.1) is 0 Å². The lowest BCUT2D eigenvalue weighted by atomic mass is 10.2. The first kappa shape index (κ1) is 11.5. The predicted molar refractivity (Wildman–Crippen MR) is 55.0 cm³/mol. The summed E-state index contributed by atoms with van der Waals surface area (Å²) in [6.45, 7) is 0.665. The first-order chi connectivity index (χ1) is 6.61. The summed E-state index contributed by atoms with van der Waals surface area (Å²) in [5.74, 6) is 0.130. The monoisotopic (exact) mass is 200 g/mol. The van der Waals surface area contributed by atoms with Crippen LogP contribution in [0.3, 0.4) is 0 Å². The van der Waals surface area contributed by atoms with E-state index < -0.39 is 0 Å². The Kier molecular flexibility index (Phi) is 4.35. The number of nitrogens with zero attached hydrogens (tertiary/aromatic N) is 1. The maximum atomic E-state index is 11.2. The van der Waals surface area contributed by atoms with Gasteiger partial charge in [-0.1, -0.05) is 0 Å². The van der Waals surface area contributed by atoms with Crippen LogP contribution in [-0.2, 0) is 4.79 Å². The van der Waals surface area contributed by atoms with E-state index in [1.54, 1.807) is 19.0 Å². The number of hydrogen-bond acceptors (Lipinski definition) is 3. The fourth-order valence-corrected chi connectivity index (χ4v) is 1.77. The third-order valence-electron chi connectivity index (χ3n) is 2.72. The van der Waals surface area contributed by atoms with Crippen molar-refractivity contribution < 1.29 is 9.90 Å². The predicted octanol–water partition coefficient (Wildman–Crippen LogP) is -0.0323. The molecule has 4 nitrogen and oxygen atoms in total. The molecule has 1 aliphatic carbocycles. The number of aliphatic hydroxyl groups is 1. The molecular weight excluding hydrogens is 180 g/mol. The zero-order valence-electron chi connectivity index (χ0n) is 8.99. The van der Waals surface area contributed by atoms with Gasteiger partial charge in [0.2, 0.25) is 5.91 Å². The highest BCUT2D eigenvalue weighted by atomic mass is 16.3. The Morgan fingerprint density at radius 3 is 2.71 bits per heavy atom. The molecule has 1 amide bonds. The van der Waals surface area contributed by atoms with Crippen LogP contribution in [0.15, 0.2) is 0 Å². The zero-order valence-corrected chi connectivity index (χ0v) is 8.99. The summed E-state index contributed by atoms with van der Waals surface area (Å²) < 4.78 is 0. The molecule has 0 saturated heterocycles. The van der Waals surface area contributed by atoms with E-state index in [9.17, 15) is 9.90 Å². The molecule has 2 atom stereocenters. The molecule has 4 heteroatoms. The molecule has 0 spiro atoms. The average Bonchev–Trinajstić information content (AvgIpc) is 2.51. The first-order valence-electron chi connectivity index (χ1n) is 5.23. The summed E-state index contributed by atoms with van der Waals surface area (Å²) in [6.07, 6.45) is 3.29. The van der Waals surface area contributed by atoms with Crippen molar-refractivity contribution in [3.05, 3.63) is 0 Å². The van der Waals surface area contributed by atoms with Crippen molar-refractivity contribution in [2.75, 3.05) is 20.6 Å². The topological polar surface area (TPSA) is 52.6 Å². The molecule has 1 fully saturated rings. The highest BCUT2D eigenvalue weighted by Gasteiger charge is 2.24. The number of carbonyl (C=O) groups excluding carboxylic acids is 1. The molecule has 0 aromatic carbocycles. The molecule has 2 N–H and O–H groups in total. The Labute approximate surface area is 85.3 Å². The number of hydrogen-bond donors (Lipinski definition) is 2. The summed E-state index contributed by atoms with van der Waals surface area (Å²) in [6, 6.07) is 0.199. The first-order valence-corrected chi connectivity index (χ1v) is 5.23. The minimum Gasteiger partial charge on any atom is -0.392 e. The van der Waals surface area contributed by atoms with Gasteiger partial charge >= 0.3 is 0 Å². The number of rotatable bonds is 4. The fraction of sp³-hybridized carbons (Fsp3) is 0.900. The van der Waals surface area contributed by atoms with Gasteiger partial charge in [-0.3, -0.25) is 4.79 Å². The van der Waals surface area contributed by atoms with E-state index in [0.717, 1.165) is 19.3 Å². The minimum absolute atomic E-state index is 0.130. The van der Waals surface area contributed by atoms with E-state index in [4.69, 9.17) is 0 Å². The lowest BCUT2D eigenvalue weighted by Gasteiger charge is -2.17. The van der Waals surface area contributed by atoms with Crippen molar-refractivity contribution in [3.63, 3.8) is 0 Å². The Balaban J connectivity index is 2.12. The molecule has 0 unspecified atom stereocenters. The molecule has 14 heavy (non-hydrogen) atoms. The second-order valence-corrected chi connectivity index (χ2v) is 4.10. The van der Waals surface area contributed by atoms with Gasteiger partial charge in [0.05, 0.1) is 6.10 Å². The summed E-state index contributed by atoms with van der Waals surface area (Å²) >= 11 is 0. The van der Waals surface area contributed by atoms with Gasteiger partial charge in [-0.25, -0.2) is 0 Å². The van der Waals surface area contributed by atoms with Crippen molar-refractivity contribution >= 4 is 5.91 Å². The molecule has 0 aliphatic heterocycles. The minimum atomic E-state index is -0.218. The van der Waals surface area contributed by atoms with Crippen LogP contribution < -0.4 is 5.32 Å². The highest BCUT2D eigenvalue weighted by Crippen LogP contribution is 2.18. The van der Waals surface area contributed by atoms with Crippen LogP contribution in [0.1, 0.15) is 25.7 Å². The molecule has 0 aromatic rings. The molecule has 0 radical (unpaired) electrons. The van der Waals surface area contributed by atoms with Gasteiger partial charge in [0.1, 0.15) is 0 Å². The third-order valence-corrected chi connectivity index (χ3v) is 2.72. The zero-order chi connectivity index (χ0) is 10.6. The van der Waals surface area contributed by atoms with Gasteiger partial charge in [-0.2, -0.15) is 0 Å². The van der Waals surface area contributed by atoms with Crippen LogP contribution in [0.25, 0.3) is 0 Å². The van der Waals surface area contributed by atoms with E-state index in [1.807, 2.05) is 0 Å². The molecule has 0 heterocycles. The highest BCUT2D eigenvalue weighted by molar-refractivity contribution is 5.75. The summed E-state index contributed by atoms with van der Waals surface area (Å²) in [4.78, 5) is 12.8. The van der Waals surface area contributed by atoms with Crippen molar-refractivity contribution in [1.82, 2.24) is 10.2 Å². The van der Waals surface area contributed by atoms with Crippen LogP contribution >= 0.6 is 0 Å². The van der Waals surface area contributed by atoms with Crippen LogP contribution in [0, 0.1) is 0 Å². The van der Waals surface area contributed by atoms with Crippen LogP contribution in [0.2, 0.25) is 0 Å². The summed E-state index contributed by atoms with van der Waals surface area (Å²) in [5, 5.41) is 12.7. The smallest absolute Gasteiger partial charge is 0.223 e. The number of nitrogens with one attached hydrogen (secondary N) is 1. The van der Waals surface area contributed by atoms with Gasteiger partial charge in [0.15, 0.2) is 0 Å². The lowest BCUT2D eigenvalue weighted by Crippen LogP contribution is -2.37. The van der Waals surface area contributed by atoms with Crippen LogP contribution in [0.4, 0.5) is 0 Å². The van der Waals surface area contributed by atoms with Crippen molar-refractivity contribution in [2.24, 2.45) is 0 Å². The maximum absolute atomic E-state index is 11.2. The van der Waals surface area contributed by atoms with Crippen molar-refractivity contribution in [2.45, 2.75) is 37.8 Å². The van der Waals surface area contributed by atoms with Gasteiger partial charge in [0.25, 0.3) is 0 Å². The van der Waals surface area contributed by atoms with E-state index in [1.165, 1.54) is 0 Å². The number of amides is 1. The average molecular weight is 200 g/mol. The quantitative estimate of drug-likeness (QED) is 0.670. The number of carbonyl (C=O) groups is 1. The fourth-order valence-electron chi connectivity index (χ4n) is 1.77. The van der Waals surface area contributed by atoms with Gasteiger partial charge in [-0.05, 0) is 19.3 Å². The van der Waals surface area contributed by atoms with Gasteiger partial charge < -0.3 is 15.3 Å². The van der Waals surface area contributed by atoms with E-state index >= 15 is 0 Å². The van der Waals surface area contributed by atoms with E-state index in [-0.39, 0.29) is 18.1 Å².